The van der Waals surface area contributed by atoms with Crippen molar-refractivity contribution in [2.75, 3.05) is 5.43 Å². The van der Waals surface area contributed by atoms with Crippen molar-refractivity contribution < 1.29 is 9.85 Å². The van der Waals surface area contributed by atoms with Crippen molar-refractivity contribution in [3.8, 4) is 11.8 Å². The molecule has 120 valence electrons. The first-order valence-corrected chi connectivity index (χ1v) is 7.03. The number of alkyl halides is 2. The second-order valence-electron chi connectivity index (χ2n) is 5.07. The lowest BCUT2D eigenvalue weighted by Crippen LogP contribution is -2.00. The molecule has 1 N–H and O–H groups in total. The summed E-state index contributed by atoms with van der Waals surface area (Å²) >= 11 is 11.9. The number of nitro benzene ring substituents is 2. The molecule has 1 aliphatic rings. The molecule has 10 heteroatoms. The highest BCUT2D eigenvalue weighted by molar-refractivity contribution is 6.51. The number of rotatable bonds is 4. The van der Waals surface area contributed by atoms with E-state index in [9.17, 15) is 20.2 Å². The van der Waals surface area contributed by atoms with E-state index in [4.69, 9.17) is 23.2 Å². The molecule has 1 aliphatic carbocycles. The molecule has 1 unspecified atom stereocenters. The Bertz CT molecular complexity index is 769. The van der Waals surface area contributed by atoms with Gasteiger partial charge in [-0.1, -0.05) is 35.0 Å². The molecule has 0 heterocycles. The molecule has 0 radical (unpaired) electrons. The zero-order valence-electron chi connectivity index (χ0n) is 11.7. The Hall–Kier alpha value is -2.37. The monoisotopic (exact) mass is 356 g/mol. The van der Waals surface area contributed by atoms with Crippen LogP contribution in [0.2, 0.25) is 0 Å². The SMILES string of the molecule is CC1(C#CC=NNc2ccc([N+](=O)[O-])cc2[N+](=O)[O-])CC1(Cl)Cl. The number of nitrogens with one attached hydrogen (secondary N) is 1. The molecule has 8 nitrogen and oxygen atoms in total. The minimum absolute atomic E-state index is 0.0142. The third kappa shape index (κ3) is 3.70. The molecule has 2 rings (SSSR count). The van der Waals surface area contributed by atoms with Crippen LogP contribution in [-0.2, 0) is 0 Å². The molecule has 0 aliphatic heterocycles. The van der Waals surface area contributed by atoms with Crippen molar-refractivity contribution in [1.29, 1.82) is 0 Å². The standard InChI is InChI=1S/C13H10Cl2N4O4/c1-12(8-13(12,14)15)5-2-6-16-17-10-4-3-9(18(20)21)7-11(10)19(22)23/h3-4,6-7,17H,8H2,1H3. The molecular formula is C13H10Cl2N4O4. The fraction of sp³-hybridized carbons (Fsp3) is 0.308. The maximum atomic E-state index is 10.9. The van der Waals surface area contributed by atoms with Crippen molar-refractivity contribution in [2.45, 2.75) is 17.7 Å². The van der Waals surface area contributed by atoms with E-state index in [1.54, 1.807) is 0 Å². The number of halogens is 2. The lowest BCUT2D eigenvalue weighted by Gasteiger charge is -2.01. The number of non-ortho nitro benzene ring substituents is 1. The minimum atomic E-state index is -0.863. The highest BCUT2D eigenvalue weighted by Gasteiger charge is 2.62. The van der Waals surface area contributed by atoms with Gasteiger partial charge in [0.15, 0.2) is 0 Å². The first-order valence-electron chi connectivity index (χ1n) is 6.27. The third-order valence-corrected chi connectivity index (χ3v) is 4.41. The van der Waals surface area contributed by atoms with Crippen LogP contribution in [-0.4, -0.2) is 20.4 Å². The topological polar surface area (TPSA) is 111 Å². The number of hydrogen-bond donors (Lipinski definition) is 1. The third-order valence-electron chi connectivity index (χ3n) is 3.31. The number of benzene rings is 1. The molecule has 1 aromatic carbocycles. The van der Waals surface area contributed by atoms with E-state index in [0.29, 0.717) is 6.42 Å². The van der Waals surface area contributed by atoms with Crippen molar-refractivity contribution in [3.05, 3.63) is 38.4 Å². The number of hydrazone groups is 1. The van der Waals surface area contributed by atoms with Gasteiger partial charge < -0.3 is 0 Å². The van der Waals surface area contributed by atoms with Crippen molar-refractivity contribution in [2.24, 2.45) is 10.5 Å². The summed E-state index contributed by atoms with van der Waals surface area (Å²) in [4.78, 5) is 20.1. The van der Waals surface area contributed by atoms with Crippen LogP contribution in [0.15, 0.2) is 23.3 Å². The molecule has 1 fully saturated rings. The molecule has 1 aromatic rings. The van der Waals surface area contributed by atoms with E-state index < -0.39 is 25.3 Å². The van der Waals surface area contributed by atoms with Crippen LogP contribution in [0.25, 0.3) is 0 Å². The number of anilines is 1. The maximum Gasteiger partial charge on any atom is 0.301 e. The summed E-state index contributed by atoms with van der Waals surface area (Å²) in [7, 11) is 0. The second kappa shape index (κ2) is 6.02. The van der Waals surface area contributed by atoms with Gasteiger partial charge >= 0.3 is 5.69 Å². The average molecular weight is 357 g/mol. The van der Waals surface area contributed by atoms with Crippen molar-refractivity contribution in [3.63, 3.8) is 0 Å². The average Bonchev–Trinajstić information content (AvgIpc) is 2.96. The first-order chi connectivity index (χ1) is 10.7. The smallest absolute Gasteiger partial charge is 0.271 e. The van der Waals surface area contributed by atoms with Gasteiger partial charge in [0.1, 0.15) is 10.0 Å². The molecule has 1 saturated carbocycles. The molecule has 23 heavy (non-hydrogen) atoms. The lowest BCUT2D eigenvalue weighted by atomic mass is 10.1. The first kappa shape index (κ1) is 17.0. The number of nitro groups is 2. The maximum absolute atomic E-state index is 10.9. The fourth-order valence-corrected chi connectivity index (χ4v) is 2.37. The molecule has 0 bridgehead atoms. The molecule has 0 spiro atoms. The van der Waals surface area contributed by atoms with Gasteiger partial charge in [-0.3, -0.25) is 25.7 Å². The largest absolute Gasteiger partial charge is 0.301 e. The highest BCUT2D eigenvalue weighted by Crippen LogP contribution is 2.63. The van der Waals surface area contributed by atoms with Crippen molar-refractivity contribution >= 4 is 46.5 Å². The molecule has 1 atom stereocenters. The van der Waals surface area contributed by atoms with Gasteiger partial charge in [0.05, 0.1) is 27.5 Å². The second-order valence-corrected chi connectivity index (χ2v) is 6.55. The Balaban J connectivity index is 2.09. The van der Waals surface area contributed by atoms with E-state index in [2.05, 4.69) is 22.4 Å². The van der Waals surface area contributed by atoms with Gasteiger partial charge in [0.25, 0.3) is 5.69 Å². The van der Waals surface area contributed by atoms with Crippen LogP contribution in [0.4, 0.5) is 17.1 Å². The zero-order chi connectivity index (χ0) is 17.3. The van der Waals surface area contributed by atoms with Gasteiger partial charge in [0, 0.05) is 12.5 Å². The molecule has 0 saturated heterocycles. The summed E-state index contributed by atoms with van der Waals surface area (Å²) in [5, 5.41) is 25.3. The van der Waals surface area contributed by atoms with E-state index in [0.717, 1.165) is 12.1 Å². The van der Waals surface area contributed by atoms with Crippen LogP contribution >= 0.6 is 23.2 Å². The Morgan fingerprint density at radius 1 is 1.35 bits per heavy atom. The van der Waals surface area contributed by atoms with E-state index in [1.807, 2.05) is 6.92 Å². The predicted octanol–water partition coefficient (Wildman–Crippen LogP) is 3.49. The van der Waals surface area contributed by atoms with Crippen LogP contribution < -0.4 is 5.43 Å². The molecule has 0 aromatic heterocycles. The summed E-state index contributed by atoms with van der Waals surface area (Å²) in [6.45, 7) is 1.81. The van der Waals surface area contributed by atoms with E-state index in [-0.39, 0.29) is 11.4 Å². The van der Waals surface area contributed by atoms with Gasteiger partial charge in [-0.15, -0.1) is 0 Å². The summed E-state index contributed by atoms with van der Waals surface area (Å²) in [6.07, 6.45) is 1.75. The quantitative estimate of drug-likeness (QED) is 0.292. The summed E-state index contributed by atoms with van der Waals surface area (Å²) in [5.74, 6) is 5.49. The Labute approximate surface area is 140 Å². The summed E-state index contributed by atoms with van der Waals surface area (Å²) in [5.41, 5.74) is 1.10. The Kier molecular flexibility index (Phi) is 4.45. The van der Waals surface area contributed by atoms with Gasteiger partial charge in [-0.2, -0.15) is 5.10 Å². The lowest BCUT2D eigenvalue weighted by molar-refractivity contribution is -0.393. The van der Waals surface area contributed by atoms with Gasteiger partial charge in [0.2, 0.25) is 0 Å². The van der Waals surface area contributed by atoms with Crippen LogP contribution in [0.1, 0.15) is 13.3 Å². The van der Waals surface area contributed by atoms with Crippen molar-refractivity contribution in [1.82, 2.24) is 0 Å². The van der Waals surface area contributed by atoms with E-state index >= 15 is 0 Å². The number of nitrogens with zero attached hydrogens (tertiary/aromatic N) is 3. The van der Waals surface area contributed by atoms with Crippen LogP contribution in [0.3, 0.4) is 0 Å². The van der Waals surface area contributed by atoms with Crippen LogP contribution in [0.5, 0.6) is 0 Å². The fourth-order valence-electron chi connectivity index (χ4n) is 1.74. The molecule has 0 amide bonds. The Morgan fingerprint density at radius 2 is 2.00 bits per heavy atom. The van der Waals surface area contributed by atoms with Gasteiger partial charge in [-0.25, -0.2) is 0 Å². The summed E-state index contributed by atoms with van der Waals surface area (Å²) in [6, 6.07) is 3.19. The zero-order valence-corrected chi connectivity index (χ0v) is 13.3. The van der Waals surface area contributed by atoms with Crippen LogP contribution in [0, 0.1) is 37.5 Å². The Morgan fingerprint density at radius 3 is 2.52 bits per heavy atom. The highest BCUT2D eigenvalue weighted by atomic mass is 35.5. The molecular weight excluding hydrogens is 347 g/mol. The normalized spacial score (nSPS) is 21.3. The predicted molar refractivity (Wildman–Crippen MR) is 86.8 cm³/mol. The van der Waals surface area contributed by atoms with Gasteiger partial charge in [-0.05, 0) is 13.0 Å². The summed E-state index contributed by atoms with van der Waals surface area (Å²) < 4.78 is -0.863. The minimum Gasteiger partial charge on any atom is -0.271 e. The number of hydrogen-bond acceptors (Lipinski definition) is 6. The van der Waals surface area contributed by atoms with E-state index in [1.165, 1.54) is 12.3 Å².